The molecule has 2 heterocycles. The predicted octanol–water partition coefficient (Wildman–Crippen LogP) is 4.60. The quantitative estimate of drug-likeness (QED) is 0.462. The zero-order chi connectivity index (χ0) is 28.5. The van der Waals surface area contributed by atoms with Crippen LogP contribution >= 0.6 is 11.8 Å². The van der Waals surface area contributed by atoms with Gasteiger partial charge in [-0.25, -0.2) is 13.5 Å². The molecule has 39 heavy (non-hydrogen) atoms. The van der Waals surface area contributed by atoms with Crippen molar-refractivity contribution in [1.29, 1.82) is 0 Å². The van der Waals surface area contributed by atoms with Crippen LogP contribution in [0.25, 0.3) is 5.69 Å². The van der Waals surface area contributed by atoms with Gasteiger partial charge in [-0.1, -0.05) is 45.0 Å². The molecule has 1 aromatic heterocycles. The molecule has 0 aliphatic carbocycles. The maximum atomic E-state index is 15.2. The lowest BCUT2D eigenvalue weighted by atomic mass is 9.87. The molecule has 1 aliphatic rings. The van der Waals surface area contributed by atoms with Crippen molar-refractivity contribution in [1.82, 2.24) is 20.0 Å². The summed E-state index contributed by atoms with van der Waals surface area (Å²) in [6.45, 7) is 8.84. The van der Waals surface area contributed by atoms with E-state index in [1.807, 2.05) is 71.0 Å². The highest BCUT2D eigenvalue weighted by Gasteiger charge is 2.40. The van der Waals surface area contributed by atoms with Crippen LogP contribution in [0.15, 0.2) is 42.5 Å². The van der Waals surface area contributed by atoms with E-state index in [-0.39, 0.29) is 29.7 Å². The lowest BCUT2D eigenvalue weighted by Gasteiger charge is -2.25. The third-order valence-electron chi connectivity index (χ3n) is 6.57. The standard InChI is InChI=1S/C29H35F2N5O2S/c1-18-9-7-8-10-22(18)36-28-25(27(33-36)29(2,3)4)26(20-12-11-19(30)15-21(20)31)39-17-24(38)35(28)16-23(37)32-13-14-34(5)6/h7-12,15,26H,13-14,16-17H2,1-6H3,(H,32,37). The lowest BCUT2D eigenvalue weighted by Crippen LogP contribution is -2.43. The zero-order valence-electron chi connectivity index (χ0n) is 23.2. The second kappa shape index (κ2) is 11.5. The molecule has 3 aromatic rings. The number of likely N-dealkylation sites (N-methyl/N-ethyl adjacent to an activating group) is 1. The SMILES string of the molecule is Cc1ccccc1-n1nc(C(C)(C)C)c2c1N(CC(=O)NCCN(C)C)C(=O)CSC2c1ccc(F)cc1F. The second-order valence-corrected chi connectivity index (χ2v) is 12.1. The predicted molar refractivity (Wildman–Crippen MR) is 152 cm³/mol. The van der Waals surface area contributed by atoms with Gasteiger partial charge in [0.1, 0.15) is 24.0 Å². The molecular formula is C29H35F2N5O2S. The molecule has 10 heteroatoms. The number of para-hydroxylation sites is 1. The molecule has 0 spiro atoms. The first-order valence-electron chi connectivity index (χ1n) is 12.9. The molecule has 0 saturated heterocycles. The number of nitrogens with one attached hydrogen (secondary N) is 1. The van der Waals surface area contributed by atoms with Crippen molar-refractivity contribution in [2.24, 2.45) is 0 Å². The highest BCUT2D eigenvalue weighted by molar-refractivity contribution is 8.00. The van der Waals surface area contributed by atoms with Crippen LogP contribution in [0.1, 0.15) is 48.4 Å². The number of hydrogen-bond donors (Lipinski definition) is 1. The zero-order valence-corrected chi connectivity index (χ0v) is 24.0. The van der Waals surface area contributed by atoms with E-state index in [4.69, 9.17) is 5.10 Å². The summed E-state index contributed by atoms with van der Waals surface area (Å²) in [5.41, 5.74) is 2.78. The number of nitrogens with zero attached hydrogens (tertiary/aromatic N) is 4. The number of rotatable bonds is 7. The number of anilines is 1. The van der Waals surface area contributed by atoms with Crippen molar-refractivity contribution in [2.75, 3.05) is 44.4 Å². The highest BCUT2D eigenvalue weighted by atomic mass is 32.2. The van der Waals surface area contributed by atoms with Crippen LogP contribution in [-0.2, 0) is 15.0 Å². The number of benzene rings is 2. The largest absolute Gasteiger partial charge is 0.353 e. The van der Waals surface area contributed by atoms with Gasteiger partial charge in [-0.05, 0) is 38.7 Å². The molecule has 4 rings (SSSR count). The fourth-order valence-electron chi connectivity index (χ4n) is 4.62. The fraction of sp³-hybridized carbons (Fsp3) is 0.414. The Kier molecular flexibility index (Phi) is 8.46. The van der Waals surface area contributed by atoms with E-state index in [2.05, 4.69) is 5.32 Å². The maximum absolute atomic E-state index is 15.2. The fourth-order valence-corrected chi connectivity index (χ4v) is 5.84. The van der Waals surface area contributed by atoms with Gasteiger partial charge in [0, 0.05) is 35.7 Å². The van der Waals surface area contributed by atoms with E-state index in [0.717, 1.165) is 17.3 Å². The monoisotopic (exact) mass is 555 g/mol. The molecule has 1 unspecified atom stereocenters. The number of hydrogen-bond acceptors (Lipinski definition) is 5. The molecule has 0 saturated carbocycles. The molecule has 1 N–H and O–H groups in total. The number of amides is 2. The Balaban J connectivity index is 1.96. The van der Waals surface area contributed by atoms with Crippen molar-refractivity contribution >= 4 is 29.4 Å². The number of thioether (sulfide) groups is 1. The Morgan fingerprint density at radius 2 is 1.90 bits per heavy atom. The number of aryl methyl sites for hydroxylation is 1. The Morgan fingerprint density at radius 3 is 2.54 bits per heavy atom. The van der Waals surface area contributed by atoms with Gasteiger partial charge in [-0.15, -0.1) is 11.8 Å². The topological polar surface area (TPSA) is 70.5 Å². The van der Waals surface area contributed by atoms with Crippen molar-refractivity contribution in [3.63, 3.8) is 0 Å². The molecule has 2 amide bonds. The maximum Gasteiger partial charge on any atom is 0.240 e. The minimum atomic E-state index is -0.690. The summed E-state index contributed by atoms with van der Waals surface area (Å²) in [4.78, 5) is 30.1. The Hall–Kier alpha value is -3.24. The molecular weight excluding hydrogens is 520 g/mol. The van der Waals surface area contributed by atoms with Crippen LogP contribution in [0.5, 0.6) is 0 Å². The van der Waals surface area contributed by atoms with E-state index < -0.39 is 22.3 Å². The van der Waals surface area contributed by atoms with E-state index >= 15 is 4.39 Å². The van der Waals surface area contributed by atoms with Crippen LogP contribution < -0.4 is 10.2 Å². The summed E-state index contributed by atoms with van der Waals surface area (Å²) in [7, 11) is 3.83. The first kappa shape index (κ1) is 28.8. The Labute approximate surface area is 232 Å². The summed E-state index contributed by atoms with van der Waals surface area (Å²) >= 11 is 1.26. The molecule has 208 valence electrons. The van der Waals surface area contributed by atoms with Gasteiger partial charge in [0.05, 0.1) is 22.4 Å². The highest BCUT2D eigenvalue weighted by Crippen LogP contribution is 2.49. The van der Waals surface area contributed by atoms with Crippen molar-refractivity contribution in [3.05, 3.63) is 76.5 Å². The summed E-state index contributed by atoms with van der Waals surface area (Å²) < 4.78 is 30.8. The van der Waals surface area contributed by atoms with Crippen molar-refractivity contribution in [3.8, 4) is 5.69 Å². The van der Waals surface area contributed by atoms with Crippen LogP contribution in [0.3, 0.4) is 0 Å². The molecule has 2 aromatic carbocycles. The van der Waals surface area contributed by atoms with Crippen molar-refractivity contribution < 1.29 is 18.4 Å². The third kappa shape index (κ3) is 6.17. The molecule has 0 fully saturated rings. The number of aromatic nitrogens is 2. The molecule has 0 radical (unpaired) electrons. The van der Waals surface area contributed by atoms with Crippen LogP contribution in [0, 0.1) is 18.6 Å². The second-order valence-electron chi connectivity index (χ2n) is 11.0. The van der Waals surface area contributed by atoms with Crippen LogP contribution in [-0.4, -0.2) is 66.0 Å². The minimum absolute atomic E-state index is 0.0124. The number of fused-ring (bicyclic) bond motifs is 1. The normalized spacial score (nSPS) is 15.9. The van der Waals surface area contributed by atoms with Gasteiger partial charge in [-0.3, -0.25) is 14.5 Å². The van der Waals surface area contributed by atoms with Gasteiger partial charge in [0.2, 0.25) is 11.8 Å². The molecule has 1 atom stereocenters. The van der Waals surface area contributed by atoms with E-state index in [1.165, 1.54) is 28.8 Å². The van der Waals surface area contributed by atoms with Gasteiger partial charge in [0.15, 0.2) is 0 Å². The van der Waals surface area contributed by atoms with Crippen molar-refractivity contribution in [2.45, 2.75) is 38.4 Å². The Morgan fingerprint density at radius 1 is 1.18 bits per heavy atom. The summed E-state index contributed by atoms with van der Waals surface area (Å²) in [5, 5.41) is 7.26. The average Bonchev–Trinajstić information content (AvgIpc) is 3.18. The number of carbonyl (C=O) groups is 2. The van der Waals surface area contributed by atoms with Gasteiger partial charge in [-0.2, -0.15) is 5.10 Å². The van der Waals surface area contributed by atoms with E-state index in [1.54, 1.807) is 4.68 Å². The minimum Gasteiger partial charge on any atom is -0.353 e. The molecule has 1 aliphatic heterocycles. The first-order chi connectivity index (χ1) is 18.4. The van der Waals surface area contributed by atoms with Crippen LogP contribution in [0.4, 0.5) is 14.6 Å². The first-order valence-corrected chi connectivity index (χ1v) is 13.9. The van der Waals surface area contributed by atoms with Gasteiger partial charge >= 0.3 is 0 Å². The van der Waals surface area contributed by atoms with E-state index in [9.17, 15) is 14.0 Å². The van der Waals surface area contributed by atoms with Gasteiger partial charge in [0.25, 0.3) is 0 Å². The van der Waals surface area contributed by atoms with E-state index in [0.29, 0.717) is 30.2 Å². The van der Waals surface area contributed by atoms with Gasteiger partial charge < -0.3 is 10.2 Å². The number of carbonyl (C=O) groups excluding carboxylic acids is 2. The lowest BCUT2D eigenvalue weighted by molar-refractivity contribution is -0.122. The summed E-state index contributed by atoms with van der Waals surface area (Å²) in [5.74, 6) is -1.51. The smallest absolute Gasteiger partial charge is 0.240 e. The molecule has 0 bridgehead atoms. The summed E-state index contributed by atoms with van der Waals surface area (Å²) in [6.07, 6.45) is 0. The molecule has 7 nitrogen and oxygen atoms in total. The third-order valence-corrected chi connectivity index (χ3v) is 7.81. The van der Waals surface area contributed by atoms with Crippen LogP contribution in [0.2, 0.25) is 0 Å². The Bertz CT molecular complexity index is 1380. The average molecular weight is 556 g/mol. The number of halogens is 2. The summed E-state index contributed by atoms with van der Waals surface area (Å²) in [6, 6.07) is 11.2.